The number of cyclic esters (lactones) is 1. The Balaban J connectivity index is 1.70. The number of hydrogen-bond donors (Lipinski definition) is 3. The summed E-state index contributed by atoms with van der Waals surface area (Å²) in [7, 11) is 0. The highest BCUT2D eigenvalue weighted by Crippen LogP contribution is 2.25. The third-order valence-electron chi connectivity index (χ3n) is 4.12. The molecule has 1 fully saturated rings. The largest absolute Gasteiger partial charge is 0.404 e. The van der Waals surface area contributed by atoms with Crippen molar-refractivity contribution in [2.45, 2.75) is 6.23 Å². The number of piperazine rings is 1. The number of benzene rings is 1. The van der Waals surface area contributed by atoms with E-state index in [-0.39, 0.29) is 18.8 Å². The summed E-state index contributed by atoms with van der Waals surface area (Å²) >= 11 is 0. The Morgan fingerprint density at radius 3 is 2.68 bits per heavy atom. The van der Waals surface area contributed by atoms with Gasteiger partial charge >= 0.3 is 5.97 Å². The molecule has 2 aliphatic rings. The number of carbonyl (C=O) groups excluding carboxylic acids is 1. The van der Waals surface area contributed by atoms with Gasteiger partial charge in [-0.2, -0.15) is 0 Å². The van der Waals surface area contributed by atoms with Gasteiger partial charge in [-0.3, -0.25) is 4.90 Å². The van der Waals surface area contributed by atoms with Crippen molar-refractivity contribution in [3.8, 4) is 0 Å². The number of hydrogen-bond acceptors (Lipinski definition) is 3. The van der Waals surface area contributed by atoms with E-state index >= 15 is 0 Å². The lowest BCUT2D eigenvalue weighted by Crippen LogP contribution is -3.28. The molecule has 3 N–H and O–H groups in total. The van der Waals surface area contributed by atoms with E-state index in [4.69, 9.17) is 9.84 Å². The molecule has 0 saturated carbocycles. The molecule has 1 aromatic rings. The van der Waals surface area contributed by atoms with Gasteiger partial charge in [0.15, 0.2) is 0 Å². The molecule has 0 spiro atoms. The second-order valence-corrected chi connectivity index (χ2v) is 5.25. The Kier molecular flexibility index (Phi) is 3.50. The first-order chi connectivity index (χ1) is 9.29. The van der Waals surface area contributed by atoms with Gasteiger partial charge < -0.3 is 14.7 Å². The maximum Gasteiger partial charge on any atom is 0.343 e. The van der Waals surface area contributed by atoms with Crippen LogP contribution in [0.2, 0.25) is 0 Å². The molecule has 5 nitrogen and oxygen atoms in total. The molecule has 0 aromatic heterocycles. The summed E-state index contributed by atoms with van der Waals surface area (Å²) in [6.45, 7) is 5.04. The van der Waals surface area contributed by atoms with Gasteiger partial charge in [-0.25, -0.2) is 4.79 Å². The van der Waals surface area contributed by atoms with Crippen LogP contribution in [0.5, 0.6) is 0 Å². The van der Waals surface area contributed by atoms with Gasteiger partial charge in [-0.05, 0) is 12.1 Å². The van der Waals surface area contributed by atoms with E-state index in [9.17, 15) is 4.79 Å². The molecular formula is C14H20N2O3+2. The van der Waals surface area contributed by atoms with Crippen LogP contribution < -0.4 is 9.80 Å². The predicted molar refractivity (Wildman–Crippen MR) is 67.9 cm³/mol. The quantitative estimate of drug-likeness (QED) is 0.535. The molecule has 19 heavy (non-hydrogen) atoms. The van der Waals surface area contributed by atoms with Gasteiger partial charge in [0.05, 0.1) is 17.7 Å². The molecule has 2 aliphatic heterocycles. The highest BCUT2D eigenvalue weighted by molar-refractivity contribution is 5.93. The minimum absolute atomic E-state index is 0.139. The maximum absolute atomic E-state index is 11.8. The molecule has 102 valence electrons. The van der Waals surface area contributed by atoms with Crippen molar-refractivity contribution in [3.63, 3.8) is 0 Å². The summed E-state index contributed by atoms with van der Waals surface area (Å²) < 4.78 is 5.53. The molecule has 0 amide bonds. The van der Waals surface area contributed by atoms with E-state index < -0.39 is 0 Å². The third kappa shape index (κ3) is 2.36. The summed E-state index contributed by atoms with van der Waals surface area (Å²) in [5, 5.41) is 8.96. The number of aliphatic hydroxyl groups excluding tert-OH is 1. The van der Waals surface area contributed by atoms with Crippen LogP contribution in [0.15, 0.2) is 24.3 Å². The van der Waals surface area contributed by atoms with E-state index in [0.29, 0.717) is 5.56 Å². The fraction of sp³-hybridized carbons (Fsp3) is 0.500. The van der Waals surface area contributed by atoms with Gasteiger partial charge in [0.1, 0.15) is 32.7 Å². The monoisotopic (exact) mass is 264 g/mol. The van der Waals surface area contributed by atoms with E-state index in [2.05, 4.69) is 0 Å². The molecule has 0 unspecified atom stereocenters. The van der Waals surface area contributed by atoms with Crippen molar-refractivity contribution < 1.29 is 24.4 Å². The Morgan fingerprint density at radius 1 is 1.21 bits per heavy atom. The zero-order valence-corrected chi connectivity index (χ0v) is 10.9. The van der Waals surface area contributed by atoms with Crippen LogP contribution in [-0.4, -0.2) is 50.4 Å². The summed E-state index contributed by atoms with van der Waals surface area (Å²) in [5.74, 6) is -0.196. The number of rotatable bonds is 3. The number of fused-ring (bicyclic) bond motifs is 1. The van der Waals surface area contributed by atoms with Crippen LogP contribution in [0.1, 0.15) is 22.1 Å². The lowest BCUT2D eigenvalue weighted by molar-refractivity contribution is -1.04. The Hall–Kier alpha value is -1.43. The van der Waals surface area contributed by atoms with Crippen LogP contribution in [0, 0.1) is 0 Å². The highest BCUT2D eigenvalue weighted by Gasteiger charge is 2.40. The Labute approximate surface area is 112 Å². The van der Waals surface area contributed by atoms with Crippen molar-refractivity contribution in [1.29, 1.82) is 0 Å². The standard InChI is InChI=1S/C14H18N2O3/c17-10-9-15-5-7-16(8-6-15)13-11-3-1-2-4-12(11)14(18)19-13/h1-4,13,17H,5-10H2/p+2/t13-/m0/s1. The first-order valence-corrected chi connectivity index (χ1v) is 6.88. The average molecular weight is 264 g/mol. The van der Waals surface area contributed by atoms with Gasteiger partial charge in [-0.1, -0.05) is 12.1 Å². The number of esters is 1. The van der Waals surface area contributed by atoms with E-state index in [1.165, 1.54) is 9.80 Å². The molecule has 1 atom stereocenters. The third-order valence-corrected chi connectivity index (χ3v) is 4.12. The summed E-state index contributed by atoms with van der Waals surface area (Å²) in [6.07, 6.45) is -0.139. The van der Waals surface area contributed by atoms with Gasteiger partial charge in [0.2, 0.25) is 0 Å². The molecule has 0 radical (unpaired) electrons. The summed E-state index contributed by atoms with van der Waals surface area (Å²) in [4.78, 5) is 14.6. The molecule has 3 rings (SSSR count). The summed E-state index contributed by atoms with van der Waals surface area (Å²) in [5.41, 5.74) is 1.73. The fourth-order valence-electron chi connectivity index (χ4n) is 3.04. The van der Waals surface area contributed by atoms with Crippen molar-refractivity contribution in [2.75, 3.05) is 39.3 Å². The van der Waals surface area contributed by atoms with Crippen molar-refractivity contribution >= 4 is 5.97 Å². The van der Waals surface area contributed by atoms with Gasteiger partial charge in [-0.15, -0.1) is 0 Å². The Bertz CT molecular complexity index is 470. The lowest BCUT2D eigenvalue weighted by atomic mass is 10.1. The van der Waals surface area contributed by atoms with Gasteiger partial charge in [0, 0.05) is 0 Å². The number of ether oxygens (including phenoxy) is 1. The molecule has 0 bridgehead atoms. The predicted octanol–water partition coefficient (Wildman–Crippen LogP) is -2.37. The first-order valence-electron chi connectivity index (χ1n) is 6.88. The molecule has 2 heterocycles. The highest BCUT2D eigenvalue weighted by atomic mass is 16.6. The van der Waals surface area contributed by atoms with Crippen molar-refractivity contribution in [3.05, 3.63) is 35.4 Å². The van der Waals surface area contributed by atoms with Gasteiger partial charge in [0.25, 0.3) is 6.23 Å². The SMILES string of the molecule is O=C1O[C@H]([NH+]2CC[NH+](CCO)CC2)c2ccccc21. The van der Waals surface area contributed by atoms with Crippen molar-refractivity contribution in [2.24, 2.45) is 0 Å². The maximum atomic E-state index is 11.8. The number of quaternary nitrogens is 2. The van der Waals surface area contributed by atoms with Crippen LogP contribution in [-0.2, 0) is 4.74 Å². The van der Waals surface area contributed by atoms with Crippen molar-refractivity contribution in [1.82, 2.24) is 0 Å². The van der Waals surface area contributed by atoms with Crippen LogP contribution in [0.4, 0.5) is 0 Å². The average Bonchev–Trinajstić information content (AvgIpc) is 2.78. The molecule has 1 aromatic carbocycles. The molecule has 0 aliphatic carbocycles. The topological polar surface area (TPSA) is 55.4 Å². The normalized spacial score (nSPS) is 29.9. The second kappa shape index (κ2) is 5.28. The molecule has 5 heteroatoms. The van der Waals surface area contributed by atoms with E-state index in [1.807, 2.05) is 24.3 Å². The zero-order chi connectivity index (χ0) is 13.2. The number of carbonyl (C=O) groups is 1. The smallest absolute Gasteiger partial charge is 0.343 e. The first kappa shape index (κ1) is 12.6. The van der Waals surface area contributed by atoms with Crippen LogP contribution >= 0.6 is 0 Å². The minimum atomic E-state index is -0.196. The fourth-order valence-corrected chi connectivity index (χ4v) is 3.04. The van der Waals surface area contributed by atoms with Crippen LogP contribution in [0.3, 0.4) is 0 Å². The second-order valence-electron chi connectivity index (χ2n) is 5.25. The van der Waals surface area contributed by atoms with Crippen LogP contribution in [0.25, 0.3) is 0 Å². The minimum Gasteiger partial charge on any atom is -0.404 e. The number of aliphatic hydroxyl groups is 1. The summed E-state index contributed by atoms with van der Waals surface area (Å²) in [6, 6.07) is 7.66. The molecule has 1 saturated heterocycles. The lowest BCUT2D eigenvalue weighted by Gasteiger charge is -2.32. The van der Waals surface area contributed by atoms with E-state index in [0.717, 1.165) is 38.3 Å². The van der Waals surface area contributed by atoms with E-state index in [1.54, 1.807) is 0 Å². The molecular weight excluding hydrogens is 244 g/mol. The number of nitrogens with one attached hydrogen (secondary N) is 2. The zero-order valence-electron chi connectivity index (χ0n) is 10.9. The Morgan fingerprint density at radius 2 is 1.95 bits per heavy atom.